The summed E-state index contributed by atoms with van der Waals surface area (Å²) >= 11 is 8.34. The van der Waals surface area contributed by atoms with Gasteiger partial charge in [0.1, 0.15) is 4.83 Å². The lowest BCUT2D eigenvalue weighted by Crippen LogP contribution is -2.10. The van der Waals surface area contributed by atoms with Crippen molar-refractivity contribution in [3.8, 4) is 5.69 Å². The largest absolute Gasteiger partial charge is 0.320 e. The highest BCUT2D eigenvalue weighted by atomic mass is 79.9. The Labute approximate surface area is 171 Å². The molecule has 2 aromatic heterocycles. The molecule has 0 aliphatic rings. The third-order valence-electron chi connectivity index (χ3n) is 3.96. The van der Waals surface area contributed by atoms with Crippen LogP contribution in [0.2, 0.25) is 0 Å². The first-order valence-corrected chi connectivity index (χ1v) is 10.2. The van der Waals surface area contributed by atoms with Crippen LogP contribution in [0.3, 0.4) is 0 Å². The molecule has 0 aliphatic carbocycles. The molecular formula is C19H13Br2N3OS. The number of nitrogens with zero attached hydrogens (tertiary/aromatic N) is 2. The fourth-order valence-electron chi connectivity index (χ4n) is 2.66. The van der Waals surface area contributed by atoms with E-state index < -0.39 is 0 Å². The first kappa shape index (κ1) is 17.5. The van der Waals surface area contributed by atoms with Gasteiger partial charge in [-0.05, 0) is 65.3 Å². The number of aryl methyl sites for hydroxylation is 1. The van der Waals surface area contributed by atoms with E-state index in [0.29, 0.717) is 4.88 Å². The summed E-state index contributed by atoms with van der Waals surface area (Å²) in [4.78, 5) is 14.3. The van der Waals surface area contributed by atoms with Gasteiger partial charge in [-0.2, -0.15) is 5.10 Å². The highest BCUT2D eigenvalue weighted by molar-refractivity contribution is 9.10. The number of carbonyl (C=O) groups is 1. The Morgan fingerprint density at radius 2 is 1.85 bits per heavy atom. The molecular weight excluding hydrogens is 478 g/mol. The van der Waals surface area contributed by atoms with Gasteiger partial charge in [0, 0.05) is 14.3 Å². The van der Waals surface area contributed by atoms with E-state index >= 15 is 0 Å². The van der Waals surface area contributed by atoms with Gasteiger partial charge in [-0.3, -0.25) is 4.79 Å². The summed E-state index contributed by atoms with van der Waals surface area (Å²) in [5.41, 5.74) is 2.62. The number of fused-ring (bicyclic) bond motifs is 1. The number of hydrogen-bond acceptors (Lipinski definition) is 3. The van der Waals surface area contributed by atoms with Crippen molar-refractivity contribution < 1.29 is 4.79 Å². The Bertz CT molecular complexity index is 1120. The van der Waals surface area contributed by atoms with Gasteiger partial charge in [0.25, 0.3) is 5.91 Å². The second-order valence-corrected chi connectivity index (χ2v) is 8.54. The van der Waals surface area contributed by atoms with Gasteiger partial charge >= 0.3 is 0 Å². The zero-order chi connectivity index (χ0) is 18.3. The van der Waals surface area contributed by atoms with Crippen molar-refractivity contribution in [2.24, 2.45) is 0 Å². The van der Waals surface area contributed by atoms with E-state index in [1.165, 1.54) is 11.3 Å². The molecule has 1 amide bonds. The topological polar surface area (TPSA) is 46.9 Å². The van der Waals surface area contributed by atoms with Crippen LogP contribution in [0.15, 0.2) is 63.5 Å². The van der Waals surface area contributed by atoms with Gasteiger partial charge in [-0.1, -0.05) is 28.1 Å². The van der Waals surface area contributed by atoms with Crippen LogP contribution in [0, 0.1) is 6.92 Å². The summed E-state index contributed by atoms with van der Waals surface area (Å²) in [6, 6.07) is 17.4. The normalized spacial score (nSPS) is 11.0. The van der Waals surface area contributed by atoms with Crippen LogP contribution in [-0.2, 0) is 0 Å². The highest BCUT2D eigenvalue weighted by Gasteiger charge is 2.17. The molecule has 4 rings (SSSR count). The molecule has 0 radical (unpaired) electrons. The number of aromatic nitrogens is 2. The van der Waals surface area contributed by atoms with E-state index in [4.69, 9.17) is 0 Å². The van der Waals surface area contributed by atoms with Crippen molar-refractivity contribution in [1.29, 1.82) is 0 Å². The Morgan fingerprint density at radius 1 is 1.12 bits per heavy atom. The molecule has 0 spiro atoms. The molecule has 7 heteroatoms. The summed E-state index contributed by atoms with van der Waals surface area (Å²) in [6.45, 7) is 1.96. The number of para-hydroxylation sites is 1. The van der Waals surface area contributed by atoms with Gasteiger partial charge in [0.15, 0.2) is 0 Å². The van der Waals surface area contributed by atoms with Gasteiger partial charge in [-0.25, -0.2) is 4.68 Å². The van der Waals surface area contributed by atoms with Gasteiger partial charge < -0.3 is 5.32 Å². The van der Waals surface area contributed by atoms with Crippen molar-refractivity contribution in [2.45, 2.75) is 6.92 Å². The summed E-state index contributed by atoms with van der Waals surface area (Å²) in [5.74, 6) is -0.125. The second kappa shape index (κ2) is 6.98. The number of anilines is 1. The van der Waals surface area contributed by atoms with E-state index in [9.17, 15) is 4.79 Å². The molecule has 2 heterocycles. The monoisotopic (exact) mass is 489 g/mol. The number of nitrogens with one attached hydrogen (secondary N) is 1. The minimum Gasteiger partial charge on any atom is -0.320 e. The van der Waals surface area contributed by atoms with Crippen molar-refractivity contribution in [3.63, 3.8) is 0 Å². The van der Waals surface area contributed by atoms with Crippen LogP contribution in [0.5, 0.6) is 0 Å². The average Bonchev–Trinajstić information content (AvgIpc) is 3.19. The van der Waals surface area contributed by atoms with Gasteiger partial charge in [-0.15, -0.1) is 11.3 Å². The van der Waals surface area contributed by atoms with Gasteiger partial charge in [0.05, 0.1) is 21.9 Å². The maximum atomic E-state index is 12.7. The number of hydrogen-bond donors (Lipinski definition) is 1. The minimum atomic E-state index is -0.125. The summed E-state index contributed by atoms with van der Waals surface area (Å²) < 4.78 is 3.75. The van der Waals surface area contributed by atoms with Crippen molar-refractivity contribution in [2.75, 3.05) is 5.32 Å². The number of halogens is 2. The zero-order valence-electron chi connectivity index (χ0n) is 13.7. The van der Waals surface area contributed by atoms with E-state index in [2.05, 4.69) is 42.3 Å². The second-order valence-electron chi connectivity index (χ2n) is 5.74. The van der Waals surface area contributed by atoms with Crippen LogP contribution in [0.1, 0.15) is 15.4 Å². The Kier molecular flexibility index (Phi) is 4.69. The average molecular weight is 491 g/mol. The number of amides is 1. The predicted octanol–water partition coefficient (Wildman–Crippen LogP) is 6.17. The van der Waals surface area contributed by atoms with Gasteiger partial charge in [0.2, 0.25) is 0 Å². The number of rotatable bonds is 3. The first-order valence-electron chi connectivity index (χ1n) is 7.84. The molecule has 2 aromatic carbocycles. The molecule has 4 aromatic rings. The zero-order valence-corrected chi connectivity index (χ0v) is 17.7. The van der Waals surface area contributed by atoms with E-state index in [0.717, 1.165) is 36.2 Å². The smallest absolute Gasteiger partial charge is 0.265 e. The lowest BCUT2D eigenvalue weighted by molar-refractivity contribution is 0.103. The molecule has 1 N–H and O–H groups in total. The molecule has 0 fully saturated rings. The van der Waals surface area contributed by atoms with Crippen molar-refractivity contribution in [1.82, 2.24) is 9.78 Å². The molecule has 4 nitrogen and oxygen atoms in total. The fourth-order valence-corrected chi connectivity index (χ4v) is 4.39. The predicted molar refractivity (Wildman–Crippen MR) is 113 cm³/mol. The number of thiophene rings is 1. The molecule has 0 saturated heterocycles. The molecule has 0 bridgehead atoms. The Hall–Kier alpha value is -1.96. The summed E-state index contributed by atoms with van der Waals surface area (Å²) in [7, 11) is 0. The van der Waals surface area contributed by atoms with Crippen LogP contribution >= 0.6 is 43.2 Å². The van der Waals surface area contributed by atoms with Crippen LogP contribution in [0.4, 0.5) is 5.69 Å². The van der Waals surface area contributed by atoms with Crippen LogP contribution in [-0.4, -0.2) is 15.7 Å². The third-order valence-corrected chi connectivity index (χ3v) is 6.29. The summed E-state index contributed by atoms with van der Waals surface area (Å²) in [5, 5.41) is 8.57. The van der Waals surface area contributed by atoms with Crippen molar-refractivity contribution >= 4 is 65.0 Å². The van der Waals surface area contributed by atoms with E-state index in [1.807, 2.05) is 66.2 Å². The van der Waals surface area contributed by atoms with Crippen molar-refractivity contribution in [3.05, 3.63) is 74.1 Å². The maximum Gasteiger partial charge on any atom is 0.265 e. The minimum absolute atomic E-state index is 0.125. The molecule has 0 unspecified atom stereocenters. The quantitative estimate of drug-likeness (QED) is 0.373. The Balaban J connectivity index is 1.72. The fraction of sp³-hybridized carbons (Fsp3) is 0.0526. The number of carbonyl (C=O) groups excluding carboxylic acids is 1. The first-order chi connectivity index (χ1) is 12.5. The maximum absolute atomic E-state index is 12.7. The van der Waals surface area contributed by atoms with E-state index in [-0.39, 0.29) is 5.91 Å². The van der Waals surface area contributed by atoms with Crippen LogP contribution in [0.25, 0.3) is 15.9 Å². The molecule has 0 saturated carbocycles. The Morgan fingerprint density at radius 3 is 2.58 bits per heavy atom. The SMILES string of the molecule is Cc1nn(-c2ccc(Br)cc2)c2sc(C(=O)Nc3ccccc3Br)cc12. The standard InChI is InChI=1S/C19H13Br2N3OS/c1-11-14-10-17(18(25)22-16-5-3-2-4-15(16)21)26-19(14)24(23-11)13-8-6-12(20)7-9-13/h2-10H,1H3,(H,22,25). The lowest BCUT2D eigenvalue weighted by Gasteiger charge is -2.05. The molecule has 0 aliphatic heterocycles. The van der Waals surface area contributed by atoms with E-state index in [1.54, 1.807) is 0 Å². The lowest BCUT2D eigenvalue weighted by atomic mass is 10.3. The third kappa shape index (κ3) is 3.22. The summed E-state index contributed by atoms with van der Waals surface area (Å²) in [6.07, 6.45) is 0. The number of benzene rings is 2. The molecule has 26 heavy (non-hydrogen) atoms. The van der Waals surface area contributed by atoms with Crippen LogP contribution < -0.4 is 5.32 Å². The highest BCUT2D eigenvalue weighted by Crippen LogP contribution is 2.31. The molecule has 130 valence electrons. The molecule has 0 atom stereocenters.